The molecule has 0 aromatic carbocycles. The zero-order chi connectivity index (χ0) is 9.97. The summed E-state index contributed by atoms with van der Waals surface area (Å²) in [5, 5.41) is 0.783. The van der Waals surface area contributed by atoms with Crippen molar-refractivity contribution < 1.29 is 4.42 Å². The first-order valence-electron chi connectivity index (χ1n) is 4.43. The Labute approximate surface area is 90.9 Å². The molecule has 2 aromatic rings. The van der Waals surface area contributed by atoms with Gasteiger partial charge < -0.3 is 8.98 Å². The topological polar surface area (TPSA) is 31.0 Å². The highest BCUT2D eigenvalue weighted by molar-refractivity contribution is 9.08. The molecule has 0 saturated heterocycles. The van der Waals surface area contributed by atoms with E-state index >= 15 is 0 Å². The second kappa shape index (κ2) is 4.00. The Kier molecular flexibility index (Phi) is 2.72. The molecule has 0 spiro atoms. The Morgan fingerprint density at radius 1 is 1.64 bits per heavy atom. The minimum atomic E-state index is 0.199. The molecule has 0 aliphatic rings. The minimum absolute atomic E-state index is 0.199. The first-order valence-corrected chi connectivity index (χ1v) is 5.55. The van der Waals surface area contributed by atoms with Crippen LogP contribution in [0.1, 0.15) is 24.4 Å². The molecule has 1 atom stereocenters. The van der Waals surface area contributed by atoms with Crippen LogP contribution in [0.25, 0.3) is 0 Å². The van der Waals surface area contributed by atoms with E-state index in [0.29, 0.717) is 0 Å². The molecule has 0 saturated carbocycles. The van der Waals surface area contributed by atoms with E-state index < -0.39 is 0 Å². The Morgan fingerprint density at radius 3 is 3.07 bits per heavy atom. The molecule has 0 radical (unpaired) electrons. The molecule has 0 amide bonds. The molecule has 14 heavy (non-hydrogen) atoms. The second-order valence-electron chi connectivity index (χ2n) is 3.14. The average Bonchev–Trinajstić information content (AvgIpc) is 2.88. The number of alkyl halides is 1. The van der Waals surface area contributed by atoms with Gasteiger partial charge in [0.05, 0.1) is 24.3 Å². The van der Waals surface area contributed by atoms with E-state index in [2.05, 4.69) is 27.8 Å². The summed E-state index contributed by atoms with van der Waals surface area (Å²) in [5.74, 6) is 0.948. The van der Waals surface area contributed by atoms with E-state index in [-0.39, 0.29) is 6.04 Å². The summed E-state index contributed by atoms with van der Waals surface area (Å²) >= 11 is 3.37. The minimum Gasteiger partial charge on any atom is -0.467 e. The quantitative estimate of drug-likeness (QED) is 0.789. The summed E-state index contributed by atoms with van der Waals surface area (Å²) in [6.45, 7) is 2.08. The Hall–Kier alpha value is -1.03. The van der Waals surface area contributed by atoms with Gasteiger partial charge in [0.1, 0.15) is 5.76 Å². The molecule has 3 nitrogen and oxygen atoms in total. The van der Waals surface area contributed by atoms with Gasteiger partial charge in [-0.3, -0.25) is 0 Å². The molecule has 2 aromatic heterocycles. The zero-order valence-corrected chi connectivity index (χ0v) is 9.44. The fraction of sp³-hybridized carbons (Fsp3) is 0.300. The number of rotatable bonds is 3. The van der Waals surface area contributed by atoms with E-state index in [9.17, 15) is 0 Å². The normalized spacial score (nSPS) is 13.0. The molecule has 0 N–H and O–H groups in total. The van der Waals surface area contributed by atoms with Crippen LogP contribution in [0.2, 0.25) is 0 Å². The van der Waals surface area contributed by atoms with E-state index in [1.807, 2.05) is 29.2 Å². The molecule has 0 fully saturated rings. The van der Waals surface area contributed by atoms with Gasteiger partial charge in [-0.1, -0.05) is 15.9 Å². The highest BCUT2D eigenvalue weighted by Gasteiger charge is 2.10. The van der Waals surface area contributed by atoms with Gasteiger partial charge in [-0.05, 0) is 19.1 Å². The summed E-state index contributed by atoms with van der Waals surface area (Å²) < 4.78 is 7.37. The van der Waals surface area contributed by atoms with Crippen LogP contribution >= 0.6 is 15.9 Å². The van der Waals surface area contributed by atoms with Crippen LogP contribution in [0.5, 0.6) is 0 Å². The number of imidazole rings is 1. The van der Waals surface area contributed by atoms with Crippen LogP contribution in [-0.2, 0) is 5.33 Å². The predicted molar refractivity (Wildman–Crippen MR) is 57.4 cm³/mol. The van der Waals surface area contributed by atoms with Crippen LogP contribution in [0.4, 0.5) is 0 Å². The lowest BCUT2D eigenvalue weighted by Crippen LogP contribution is -2.02. The SMILES string of the molecule is CC(c1ccco1)n1cnc(CBr)c1. The standard InChI is InChI=1S/C10H11BrN2O/c1-8(10-3-2-4-14-10)13-6-9(5-11)12-7-13/h2-4,6-8H,5H2,1H3. The Bertz CT molecular complexity index is 394. The first-order chi connectivity index (χ1) is 6.81. The number of hydrogen-bond donors (Lipinski definition) is 0. The molecule has 1 unspecified atom stereocenters. The summed E-state index contributed by atoms with van der Waals surface area (Å²) in [6.07, 6.45) is 5.53. The van der Waals surface area contributed by atoms with Crippen LogP contribution < -0.4 is 0 Å². The van der Waals surface area contributed by atoms with Crippen molar-refractivity contribution in [2.75, 3.05) is 0 Å². The average molecular weight is 255 g/mol. The maximum absolute atomic E-state index is 5.33. The highest BCUT2D eigenvalue weighted by Crippen LogP contribution is 2.18. The van der Waals surface area contributed by atoms with Gasteiger partial charge in [-0.2, -0.15) is 0 Å². The maximum atomic E-state index is 5.33. The zero-order valence-electron chi connectivity index (χ0n) is 7.85. The van der Waals surface area contributed by atoms with Crippen LogP contribution in [0, 0.1) is 0 Å². The lowest BCUT2D eigenvalue weighted by atomic mass is 10.2. The van der Waals surface area contributed by atoms with Crippen LogP contribution in [0.3, 0.4) is 0 Å². The lowest BCUT2D eigenvalue weighted by molar-refractivity contribution is 0.446. The Morgan fingerprint density at radius 2 is 2.50 bits per heavy atom. The molecule has 0 bridgehead atoms. The van der Waals surface area contributed by atoms with Crippen molar-refractivity contribution in [1.82, 2.24) is 9.55 Å². The van der Waals surface area contributed by atoms with E-state index in [1.54, 1.807) is 6.26 Å². The third kappa shape index (κ3) is 1.75. The second-order valence-corrected chi connectivity index (χ2v) is 3.70. The van der Waals surface area contributed by atoms with Crippen LogP contribution in [-0.4, -0.2) is 9.55 Å². The Balaban J connectivity index is 2.23. The number of halogens is 1. The number of hydrogen-bond acceptors (Lipinski definition) is 2. The van der Waals surface area contributed by atoms with E-state index in [0.717, 1.165) is 16.8 Å². The molecule has 74 valence electrons. The summed E-state index contributed by atoms with van der Waals surface area (Å²) in [7, 11) is 0. The smallest absolute Gasteiger partial charge is 0.126 e. The summed E-state index contributed by atoms with van der Waals surface area (Å²) in [4.78, 5) is 4.24. The highest BCUT2D eigenvalue weighted by atomic mass is 79.9. The van der Waals surface area contributed by atoms with Gasteiger partial charge in [0.15, 0.2) is 0 Å². The van der Waals surface area contributed by atoms with Gasteiger partial charge >= 0.3 is 0 Å². The van der Waals surface area contributed by atoms with Gasteiger partial charge in [0, 0.05) is 11.5 Å². The number of aromatic nitrogens is 2. The number of furan rings is 1. The van der Waals surface area contributed by atoms with Crippen molar-refractivity contribution in [1.29, 1.82) is 0 Å². The fourth-order valence-corrected chi connectivity index (χ4v) is 1.63. The monoisotopic (exact) mass is 254 g/mol. The first kappa shape index (κ1) is 9.52. The van der Waals surface area contributed by atoms with Crippen molar-refractivity contribution >= 4 is 15.9 Å². The van der Waals surface area contributed by atoms with Crippen molar-refractivity contribution in [2.45, 2.75) is 18.3 Å². The van der Waals surface area contributed by atoms with Gasteiger partial charge in [0.2, 0.25) is 0 Å². The van der Waals surface area contributed by atoms with Gasteiger partial charge in [0.25, 0.3) is 0 Å². The van der Waals surface area contributed by atoms with Crippen molar-refractivity contribution in [2.24, 2.45) is 0 Å². The van der Waals surface area contributed by atoms with Crippen molar-refractivity contribution in [3.8, 4) is 0 Å². The molecule has 0 aliphatic carbocycles. The van der Waals surface area contributed by atoms with E-state index in [4.69, 9.17) is 4.42 Å². The molecule has 4 heteroatoms. The summed E-state index contributed by atoms with van der Waals surface area (Å²) in [5.41, 5.74) is 1.03. The fourth-order valence-electron chi connectivity index (χ4n) is 1.34. The van der Waals surface area contributed by atoms with Crippen molar-refractivity contribution in [3.63, 3.8) is 0 Å². The third-order valence-electron chi connectivity index (χ3n) is 2.19. The number of nitrogens with zero attached hydrogens (tertiary/aromatic N) is 2. The van der Waals surface area contributed by atoms with E-state index in [1.165, 1.54) is 0 Å². The largest absolute Gasteiger partial charge is 0.467 e. The third-order valence-corrected chi connectivity index (χ3v) is 2.77. The van der Waals surface area contributed by atoms with Gasteiger partial charge in [-0.25, -0.2) is 4.98 Å². The predicted octanol–water partition coefficient (Wildman–Crippen LogP) is 2.98. The van der Waals surface area contributed by atoms with Gasteiger partial charge in [-0.15, -0.1) is 0 Å². The molecular formula is C10H11BrN2O. The van der Waals surface area contributed by atoms with Crippen molar-refractivity contribution in [3.05, 3.63) is 42.4 Å². The molecule has 2 rings (SSSR count). The maximum Gasteiger partial charge on any atom is 0.126 e. The summed E-state index contributed by atoms with van der Waals surface area (Å²) in [6, 6.07) is 4.07. The lowest BCUT2D eigenvalue weighted by Gasteiger charge is -2.08. The van der Waals surface area contributed by atoms with Crippen LogP contribution in [0.15, 0.2) is 35.3 Å². The molecule has 2 heterocycles. The molecule has 0 aliphatic heterocycles. The molecular weight excluding hydrogens is 244 g/mol.